The van der Waals surface area contributed by atoms with Crippen molar-refractivity contribution in [2.75, 3.05) is 32.1 Å². The van der Waals surface area contributed by atoms with Crippen molar-refractivity contribution in [1.29, 1.82) is 0 Å². The summed E-state index contributed by atoms with van der Waals surface area (Å²) < 4.78 is 5.27. The summed E-state index contributed by atoms with van der Waals surface area (Å²) >= 11 is 0. The molecule has 1 aliphatic rings. The Morgan fingerprint density at radius 1 is 1.47 bits per heavy atom. The first-order chi connectivity index (χ1) is 8.31. The molecule has 17 heavy (non-hydrogen) atoms. The van der Waals surface area contributed by atoms with E-state index in [2.05, 4.69) is 10.6 Å². The Labute approximate surface area is 101 Å². The van der Waals surface area contributed by atoms with Crippen LogP contribution in [0.4, 0.5) is 10.5 Å². The van der Waals surface area contributed by atoms with Crippen molar-refractivity contribution in [3.05, 3.63) is 30.3 Å². The topological polar surface area (TPSA) is 53.6 Å². The zero-order valence-electron chi connectivity index (χ0n) is 9.85. The number of carbonyl (C=O) groups excluding carboxylic acids is 1. The van der Waals surface area contributed by atoms with Gasteiger partial charge in [-0.15, -0.1) is 0 Å². The second-order valence-electron chi connectivity index (χ2n) is 3.88. The molecule has 0 aliphatic carbocycles. The van der Waals surface area contributed by atoms with Gasteiger partial charge in [-0.2, -0.15) is 0 Å². The number of ether oxygens (including phenoxy) is 1. The summed E-state index contributed by atoms with van der Waals surface area (Å²) in [7, 11) is 1.61. The Hall–Kier alpha value is -1.59. The SMILES string of the molecule is COC1CNCCN1C(=O)Nc1ccccc1. The maximum Gasteiger partial charge on any atom is 0.323 e. The fourth-order valence-electron chi connectivity index (χ4n) is 1.84. The highest BCUT2D eigenvalue weighted by Gasteiger charge is 2.26. The zero-order chi connectivity index (χ0) is 12.1. The van der Waals surface area contributed by atoms with Gasteiger partial charge in [-0.05, 0) is 12.1 Å². The predicted octanol–water partition coefficient (Wildman–Crippen LogP) is 1.10. The van der Waals surface area contributed by atoms with Crippen LogP contribution in [0.5, 0.6) is 0 Å². The third-order valence-corrected chi connectivity index (χ3v) is 2.75. The number of hydrogen-bond donors (Lipinski definition) is 2. The first-order valence-electron chi connectivity index (χ1n) is 5.67. The summed E-state index contributed by atoms with van der Waals surface area (Å²) in [5.74, 6) is 0. The van der Waals surface area contributed by atoms with Crippen LogP contribution in [-0.2, 0) is 4.74 Å². The number of benzene rings is 1. The third kappa shape index (κ3) is 2.95. The molecule has 5 heteroatoms. The Bertz CT molecular complexity index is 369. The van der Waals surface area contributed by atoms with E-state index in [-0.39, 0.29) is 12.3 Å². The highest BCUT2D eigenvalue weighted by atomic mass is 16.5. The Kier molecular flexibility index (Phi) is 3.95. The Morgan fingerprint density at radius 2 is 2.24 bits per heavy atom. The monoisotopic (exact) mass is 235 g/mol. The van der Waals surface area contributed by atoms with Gasteiger partial charge in [0.05, 0.1) is 0 Å². The first-order valence-corrected chi connectivity index (χ1v) is 5.67. The molecule has 2 rings (SSSR count). The van der Waals surface area contributed by atoms with Gasteiger partial charge in [-0.3, -0.25) is 4.90 Å². The molecule has 0 bridgehead atoms. The lowest BCUT2D eigenvalue weighted by molar-refractivity contribution is -0.0171. The van der Waals surface area contributed by atoms with E-state index in [4.69, 9.17) is 4.74 Å². The van der Waals surface area contributed by atoms with Gasteiger partial charge >= 0.3 is 6.03 Å². The minimum absolute atomic E-state index is 0.121. The number of hydrogen-bond acceptors (Lipinski definition) is 3. The number of nitrogens with zero attached hydrogens (tertiary/aromatic N) is 1. The smallest absolute Gasteiger partial charge is 0.323 e. The second kappa shape index (κ2) is 5.65. The summed E-state index contributed by atoms with van der Waals surface area (Å²) in [6.07, 6.45) is -0.201. The molecular weight excluding hydrogens is 218 g/mol. The molecule has 1 atom stereocenters. The van der Waals surface area contributed by atoms with E-state index < -0.39 is 0 Å². The second-order valence-corrected chi connectivity index (χ2v) is 3.88. The Morgan fingerprint density at radius 3 is 2.94 bits per heavy atom. The van der Waals surface area contributed by atoms with Crippen molar-refractivity contribution < 1.29 is 9.53 Å². The fraction of sp³-hybridized carbons (Fsp3) is 0.417. The number of carbonyl (C=O) groups is 1. The molecule has 2 N–H and O–H groups in total. The number of piperazine rings is 1. The maximum atomic E-state index is 12.0. The lowest BCUT2D eigenvalue weighted by Gasteiger charge is -2.34. The van der Waals surface area contributed by atoms with E-state index in [0.717, 1.165) is 12.2 Å². The van der Waals surface area contributed by atoms with E-state index in [0.29, 0.717) is 13.1 Å². The van der Waals surface area contributed by atoms with Crippen LogP contribution in [0.15, 0.2) is 30.3 Å². The molecule has 0 saturated carbocycles. The van der Waals surface area contributed by atoms with Gasteiger partial charge in [-0.1, -0.05) is 18.2 Å². The van der Waals surface area contributed by atoms with E-state index in [1.54, 1.807) is 12.0 Å². The van der Waals surface area contributed by atoms with E-state index in [1.165, 1.54) is 0 Å². The minimum atomic E-state index is -0.201. The van der Waals surface area contributed by atoms with Crippen LogP contribution in [0.1, 0.15) is 0 Å². The van der Waals surface area contributed by atoms with Crippen LogP contribution in [0.25, 0.3) is 0 Å². The average Bonchev–Trinajstić information content (AvgIpc) is 2.40. The third-order valence-electron chi connectivity index (χ3n) is 2.75. The number of anilines is 1. The number of amides is 2. The normalized spacial score (nSPS) is 20.1. The molecule has 1 aromatic carbocycles. The molecule has 92 valence electrons. The number of para-hydroxylation sites is 1. The van der Waals surface area contributed by atoms with Crippen LogP contribution >= 0.6 is 0 Å². The van der Waals surface area contributed by atoms with Crippen molar-refractivity contribution in [2.45, 2.75) is 6.23 Å². The van der Waals surface area contributed by atoms with Gasteiger partial charge in [0.15, 0.2) is 0 Å². The summed E-state index contributed by atoms with van der Waals surface area (Å²) in [6, 6.07) is 9.30. The molecule has 1 unspecified atom stereocenters. The molecule has 1 aromatic rings. The van der Waals surface area contributed by atoms with Gasteiger partial charge in [-0.25, -0.2) is 4.79 Å². The largest absolute Gasteiger partial charge is 0.360 e. The van der Waals surface area contributed by atoms with Crippen LogP contribution in [0, 0.1) is 0 Å². The van der Waals surface area contributed by atoms with Crippen molar-refractivity contribution in [1.82, 2.24) is 10.2 Å². The number of nitrogens with one attached hydrogen (secondary N) is 2. The van der Waals surface area contributed by atoms with Gasteiger partial charge in [0.25, 0.3) is 0 Å². The quantitative estimate of drug-likeness (QED) is 0.807. The molecule has 0 radical (unpaired) electrons. The summed E-state index contributed by atoms with van der Waals surface area (Å²) in [5.41, 5.74) is 0.797. The molecule has 2 amide bonds. The average molecular weight is 235 g/mol. The predicted molar refractivity (Wildman–Crippen MR) is 65.8 cm³/mol. The Balaban J connectivity index is 1.99. The lowest BCUT2D eigenvalue weighted by Crippen LogP contribution is -2.55. The molecule has 1 fully saturated rings. The highest BCUT2D eigenvalue weighted by molar-refractivity contribution is 5.89. The minimum Gasteiger partial charge on any atom is -0.360 e. The van der Waals surface area contributed by atoms with Gasteiger partial charge in [0.1, 0.15) is 6.23 Å². The van der Waals surface area contributed by atoms with Crippen molar-refractivity contribution in [3.8, 4) is 0 Å². The molecular formula is C12H17N3O2. The van der Waals surface area contributed by atoms with Crippen LogP contribution in [-0.4, -0.2) is 43.9 Å². The van der Waals surface area contributed by atoms with Crippen LogP contribution < -0.4 is 10.6 Å². The molecule has 1 aliphatic heterocycles. The lowest BCUT2D eigenvalue weighted by atomic mass is 10.3. The van der Waals surface area contributed by atoms with Crippen LogP contribution in [0.3, 0.4) is 0 Å². The number of rotatable bonds is 2. The van der Waals surface area contributed by atoms with E-state index in [1.807, 2.05) is 30.3 Å². The van der Waals surface area contributed by atoms with E-state index in [9.17, 15) is 4.79 Å². The maximum absolute atomic E-state index is 12.0. The van der Waals surface area contributed by atoms with Crippen molar-refractivity contribution in [2.24, 2.45) is 0 Å². The summed E-state index contributed by atoms with van der Waals surface area (Å²) in [6.45, 7) is 2.11. The summed E-state index contributed by atoms with van der Waals surface area (Å²) in [5, 5.41) is 6.04. The van der Waals surface area contributed by atoms with Gasteiger partial charge in [0, 0.05) is 32.4 Å². The number of urea groups is 1. The standard InChI is InChI=1S/C12H17N3O2/c1-17-11-9-13-7-8-15(11)12(16)14-10-5-3-2-4-6-10/h2-6,11,13H,7-9H2,1H3,(H,14,16). The number of methoxy groups -OCH3 is 1. The van der Waals surface area contributed by atoms with E-state index >= 15 is 0 Å². The van der Waals surface area contributed by atoms with Crippen LogP contribution in [0.2, 0.25) is 0 Å². The van der Waals surface area contributed by atoms with Crippen molar-refractivity contribution >= 4 is 11.7 Å². The van der Waals surface area contributed by atoms with Gasteiger partial charge in [0.2, 0.25) is 0 Å². The fourth-order valence-corrected chi connectivity index (χ4v) is 1.84. The summed E-state index contributed by atoms with van der Waals surface area (Å²) in [4.78, 5) is 13.7. The molecule has 0 spiro atoms. The zero-order valence-corrected chi connectivity index (χ0v) is 9.85. The molecule has 1 heterocycles. The first kappa shape index (κ1) is 11.9. The molecule has 1 saturated heterocycles. The molecule has 5 nitrogen and oxygen atoms in total. The van der Waals surface area contributed by atoms with Crippen molar-refractivity contribution in [3.63, 3.8) is 0 Å². The van der Waals surface area contributed by atoms with Gasteiger partial charge < -0.3 is 15.4 Å². The highest BCUT2D eigenvalue weighted by Crippen LogP contribution is 2.10. The molecule has 0 aromatic heterocycles.